The maximum Gasteiger partial charge on any atom is 0.253 e. The van der Waals surface area contributed by atoms with Crippen LogP contribution in [0, 0.1) is 0 Å². The number of aryl methyl sites for hydroxylation is 1. The number of hydrogen-bond donors (Lipinski definition) is 1. The SMILES string of the molecule is CCc1ccc2[nH]c(=O)c([C@H](c3nnnn3Cc3ccccc3)N(Cc3cccs3)C[C@H]3CCCO3)cc2c1. The fraction of sp³-hybridized carbons (Fsp3) is 0.333. The molecule has 0 saturated carbocycles. The molecular formula is C30H32N6O2S. The largest absolute Gasteiger partial charge is 0.377 e. The minimum Gasteiger partial charge on any atom is -0.377 e. The first-order chi connectivity index (χ1) is 19.2. The third kappa shape index (κ3) is 5.71. The van der Waals surface area contributed by atoms with Crippen molar-refractivity contribution in [1.29, 1.82) is 0 Å². The first-order valence-electron chi connectivity index (χ1n) is 13.5. The highest BCUT2D eigenvalue weighted by atomic mass is 32.1. The Balaban J connectivity index is 1.50. The van der Waals surface area contributed by atoms with Crippen molar-refractivity contribution in [3.63, 3.8) is 0 Å². The molecule has 9 heteroatoms. The van der Waals surface area contributed by atoms with Crippen LogP contribution < -0.4 is 5.56 Å². The molecule has 0 radical (unpaired) electrons. The first kappa shape index (κ1) is 25.6. The smallest absolute Gasteiger partial charge is 0.253 e. The van der Waals surface area contributed by atoms with Crippen molar-refractivity contribution in [2.45, 2.75) is 51.4 Å². The van der Waals surface area contributed by atoms with Gasteiger partial charge in [-0.05, 0) is 75.8 Å². The lowest BCUT2D eigenvalue weighted by Gasteiger charge is -2.32. The van der Waals surface area contributed by atoms with Gasteiger partial charge in [-0.25, -0.2) is 4.68 Å². The van der Waals surface area contributed by atoms with E-state index in [0.29, 0.717) is 31.0 Å². The Morgan fingerprint density at radius 2 is 2.03 bits per heavy atom. The molecule has 8 nitrogen and oxygen atoms in total. The number of thiophene rings is 1. The predicted molar refractivity (Wildman–Crippen MR) is 153 cm³/mol. The molecule has 6 rings (SSSR count). The summed E-state index contributed by atoms with van der Waals surface area (Å²) >= 11 is 1.71. The van der Waals surface area contributed by atoms with E-state index in [0.717, 1.165) is 42.3 Å². The number of tetrazole rings is 1. The van der Waals surface area contributed by atoms with Crippen LogP contribution in [0.1, 0.15) is 53.2 Å². The lowest BCUT2D eigenvalue weighted by Crippen LogP contribution is -2.39. The van der Waals surface area contributed by atoms with E-state index < -0.39 is 6.04 Å². The molecule has 0 spiro atoms. The molecule has 5 aromatic rings. The van der Waals surface area contributed by atoms with Crippen LogP contribution >= 0.6 is 11.3 Å². The summed E-state index contributed by atoms with van der Waals surface area (Å²) in [7, 11) is 0. The maximum absolute atomic E-state index is 13.7. The van der Waals surface area contributed by atoms with Gasteiger partial charge in [-0.15, -0.1) is 16.4 Å². The van der Waals surface area contributed by atoms with Gasteiger partial charge in [-0.3, -0.25) is 9.69 Å². The van der Waals surface area contributed by atoms with Gasteiger partial charge in [0.2, 0.25) is 0 Å². The van der Waals surface area contributed by atoms with Gasteiger partial charge >= 0.3 is 0 Å². The number of rotatable bonds is 10. The van der Waals surface area contributed by atoms with Gasteiger partial charge in [-0.2, -0.15) is 0 Å². The van der Waals surface area contributed by atoms with Gasteiger partial charge in [0.25, 0.3) is 5.56 Å². The number of H-pyrrole nitrogens is 1. The van der Waals surface area contributed by atoms with Crippen molar-refractivity contribution in [2.75, 3.05) is 13.2 Å². The number of benzene rings is 2. The van der Waals surface area contributed by atoms with E-state index in [9.17, 15) is 4.79 Å². The van der Waals surface area contributed by atoms with Crippen molar-refractivity contribution in [3.05, 3.63) is 110 Å². The predicted octanol–water partition coefficient (Wildman–Crippen LogP) is 4.96. The summed E-state index contributed by atoms with van der Waals surface area (Å²) in [6, 6.07) is 22.1. The fourth-order valence-corrected chi connectivity index (χ4v) is 6.11. The van der Waals surface area contributed by atoms with Gasteiger partial charge < -0.3 is 9.72 Å². The summed E-state index contributed by atoms with van der Waals surface area (Å²) in [5.74, 6) is 0.643. The lowest BCUT2D eigenvalue weighted by atomic mass is 10.0. The Hall–Kier alpha value is -3.66. The second-order valence-corrected chi connectivity index (χ2v) is 11.1. The summed E-state index contributed by atoms with van der Waals surface area (Å²) in [5, 5.41) is 16.1. The van der Waals surface area contributed by atoms with E-state index in [1.54, 1.807) is 11.3 Å². The van der Waals surface area contributed by atoms with E-state index in [-0.39, 0.29) is 11.7 Å². The molecule has 2 aromatic carbocycles. The Morgan fingerprint density at radius 3 is 2.79 bits per heavy atom. The van der Waals surface area contributed by atoms with Crippen LogP contribution in [0.5, 0.6) is 0 Å². The highest BCUT2D eigenvalue weighted by molar-refractivity contribution is 7.09. The Kier molecular flexibility index (Phi) is 7.62. The average molecular weight is 541 g/mol. The molecule has 200 valence electrons. The molecule has 2 atom stereocenters. The zero-order chi connectivity index (χ0) is 26.6. The monoisotopic (exact) mass is 540 g/mol. The topological polar surface area (TPSA) is 88.9 Å². The normalized spacial score (nSPS) is 16.3. The Labute approximate surface area is 231 Å². The second kappa shape index (κ2) is 11.6. The van der Waals surface area contributed by atoms with E-state index >= 15 is 0 Å². The van der Waals surface area contributed by atoms with E-state index in [4.69, 9.17) is 4.74 Å². The number of hydrogen-bond acceptors (Lipinski definition) is 7. The summed E-state index contributed by atoms with van der Waals surface area (Å²) in [5.41, 5.74) is 3.64. The fourth-order valence-electron chi connectivity index (χ4n) is 5.39. The molecule has 1 N–H and O–H groups in total. The number of aromatic amines is 1. The molecule has 0 unspecified atom stereocenters. The van der Waals surface area contributed by atoms with Crippen LogP contribution in [0.2, 0.25) is 0 Å². The highest BCUT2D eigenvalue weighted by Crippen LogP contribution is 2.31. The van der Waals surface area contributed by atoms with E-state index in [1.807, 2.05) is 35.0 Å². The number of aromatic nitrogens is 5. The van der Waals surface area contributed by atoms with Gasteiger partial charge in [0, 0.05) is 35.7 Å². The molecule has 0 bridgehead atoms. The molecule has 1 fully saturated rings. The molecule has 39 heavy (non-hydrogen) atoms. The van der Waals surface area contributed by atoms with Crippen molar-refractivity contribution in [1.82, 2.24) is 30.1 Å². The molecule has 1 saturated heterocycles. The maximum atomic E-state index is 13.7. The number of nitrogens with one attached hydrogen (secondary N) is 1. The van der Waals surface area contributed by atoms with E-state index in [1.165, 1.54) is 10.4 Å². The third-order valence-electron chi connectivity index (χ3n) is 7.39. The van der Waals surface area contributed by atoms with Crippen LogP contribution in [0.15, 0.2) is 76.9 Å². The van der Waals surface area contributed by atoms with Gasteiger partial charge in [0.05, 0.1) is 12.6 Å². The molecule has 3 aromatic heterocycles. The van der Waals surface area contributed by atoms with Gasteiger partial charge in [0.15, 0.2) is 5.82 Å². The highest BCUT2D eigenvalue weighted by Gasteiger charge is 2.33. The molecule has 1 aliphatic rings. The Morgan fingerprint density at radius 1 is 1.13 bits per heavy atom. The minimum absolute atomic E-state index is 0.0946. The van der Waals surface area contributed by atoms with E-state index in [2.05, 4.69) is 74.1 Å². The number of ether oxygens (including phenoxy) is 1. The molecule has 4 heterocycles. The molecule has 0 aliphatic carbocycles. The minimum atomic E-state index is -0.464. The first-order valence-corrected chi connectivity index (χ1v) is 14.4. The summed E-state index contributed by atoms with van der Waals surface area (Å²) in [4.78, 5) is 20.4. The van der Waals surface area contributed by atoms with Crippen LogP contribution in [0.4, 0.5) is 0 Å². The summed E-state index contributed by atoms with van der Waals surface area (Å²) in [6.07, 6.45) is 3.06. The van der Waals surface area contributed by atoms with Crippen LogP contribution in [-0.4, -0.2) is 49.3 Å². The third-order valence-corrected chi connectivity index (χ3v) is 8.25. The number of nitrogens with zero attached hydrogens (tertiary/aromatic N) is 5. The zero-order valence-corrected chi connectivity index (χ0v) is 22.8. The van der Waals surface area contributed by atoms with Crippen molar-refractivity contribution >= 4 is 22.2 Å². The van der Waals surface area contributed by atoms with Crippen molar-refractivity contribution in [2.24, 2.45) is 0 Å². The number of fused-ring (bicyclic) bond motifs is 1. The van der Waals surface area contributed by atoms with Gasteiger partial charge in [0.1, 0.15) is 6.04 Å². The summed E-state index contributed by atoms with van der Waals surface area (Å²) < 4.78 is 7.90. The molecule has 0 amide bonds. The van der Waals surface area contributed by atoms with Gasteiger partial charge in [-0.1, -0.05) is 49.4 Å². The molecule has 1 aliphatic heterocycles. The van der Waals surface area contributed by atoms with Crippen LogP contribution in [0.25, 0.3) is 10.9 Å². The summed E-state index contributed by atoms with van der Waals surface area (Å²) in [6.45, 7) is 4.75. The van der Waals surface area contributed by atoms with Crippen molar-refractivity contribution < 1.29 is 4.74 Å². The Bertz CT molecular complexity index is 1570. The second-order valence-electron chi connectivity index (χ2n) is 10.1. The average Bonchev–Trinajstić information content (AvgIpc) is 3.74. The standard InChI is InChI=1S/C30H32N6O2S/c1-2-21-12-13-27-23(16-21)17-26(30(37)31-27)28(29-32-33-34-36(29)18-22-8-4-3-5-9-22)35(19-24-10-6-14-38-24)20-25-11-7-15-39-25/h3-5,7-9,11-13,15-17,24,28H,2,6,10,14,18-20H2,1H3,(H,31,37)/t24-,28-/m1/s1. The zero-order valence-electron chi connectivity index (χ0n) is 22.0. The number of pyridine rings is 1. The quantitative estimate of drug-likeness (QED) is 0.269. The van der Waals surface area contributed by atoms with Crippen LogP contribution in [0.3, 0.4) is 0 Å². The lowest BCUT2D eigenvalue weighted by molar-refractivity contribution is 0.0578. The van der Waals surface area contributed by atoms with Crippen LogP contribution in [-0.2, 0) is 24.2 Å². The molecular weight excluding hydrogens is 508 g/mol. The van der Waals surface area contributed by atoms with Crippen molar-refractivity contribution in [3.8, 4) is 0 Å².